The van der Waals surface area contributed by atoms with Crippen LogP contribution in [-0.2, 0) is 17.9 Å². The predicted molar refractivity (Wildman–Crippen MR) is 133 cm³/mol. The van der Waals surface area contributed by atoms with E-state index in [2.05, 4.69) is 41.0 Å². The largest absolute Gasteiger partial charge is 0.501 e. The molecule has 1 saturated heterocycles. The molecule has 0 bridgehead atoms. The summed E-state index contributed by atoms with van der Waals surface area (Å²) in [5, 5.41) is 12.9. The Hall–Kier alpha value is -3.56. The van der Waals surface area contributed by atoms with Crippen molar-refractivity contribution >= 4 is 5.91 Å². The minimum atomic E-state index is -0.783. The third kappa shape index (κ3) is 5.98. The Kier molecular flexibility index (Phi) is 7.51. The fourth-order valence-corrected chi connectivity index (χ4v) is 4.38. The van der Waals surface area contributed by atoms with Gasteiger partial charge >= 0.3 is 0 Å². The minimum Gasteiger partial charge on any atom is -0.501 e. The second kappa shape index (κ2) is 10.6. The third-order valence-electron chi connectivity index (χ3n) is 6.26. The molecule has 1 aliphatic rings. The molecule has 0 saturated carbocycles. The molecule has 0 radical (unpaired) electrons. The van der Waals surface area contributed by atoms with Gasteiger partial charge < -0.3 is 20.1 Å². The first kappa shape index (κ1) is 25.5. The van der Waals surface area contributed by atoms with Gasteiger partial charge in [0.25, 0.3) is 11.5 Å². The zero-order valence-electron chi connectivity index (χ0n) is 20.6. The van der Waals surface area contributed by atoms with Crippen LogP contribution in [0.25, 0.3) is 0 Å². The third-order valence-corrected chi connectivity index (χ3v) is 6.26. The zero-order valence-corrected chi connectivity index (χ0v) is 20.6. The summed E-state index contributed by atoms with van der Waals surface area (Å²) in [6, 6.07) is 15.2. The van der Waals surface area contributed by atoms with E-state index in [9.17, 15) is 19.1 Å². The number of aromatic amines is 1. The Balaban J connectivity index is 1.54. The number of carbonyl (C=O) groups excluding carboxylic acids is 1. The Labute approximate surface area is 209 Å². The molecule has 2 atom stereocenters. The number of halogens is 1. The van der Waals surface area contributed by atoms with Crippen LogP contribution in [0.3, 0.4) is 0 Å². The van der Waals surface area contributed by atoms with Gasteiger partial charge in [0.05, 0.1) is 18.8 Å². The van der Waals surface area contributed by atoms with Gasteiger partial charge in [-0.3, -0.25) is 14.5 Å². The number of benzene rings is 2. The number of aromatic hydroxyl groups is 1. The molecule has 3 aromatic rings. The highest BCUT2D eigenvalue weighted by Crippen LogP contribution is 2.37. The molecule has 36 heavy (non-hydrogen) atoms. The monoisotopic (exact) mass is 494 g/mol. The summed E-state index contributed by atoms with van der Waals surface area (Å²) in [4.78, 5) is 34.6. The number of hydrogen-bond acceptors (Lipinski definition) is 6. The van der Waals surface area contributed by atoms with Gasteiger partial charge in [0.1, 0.15) is 11.6 Å². The van der Waals surface area contributed by atoms with E-state index in [0.717, 1.165) is 5.56 Å². The first-order chi connectivity index (χ1) is 17.1. The van der Waals surface area contributed by atoms with Crippen molar-refractivity contribution in [1.29, 1.82) is 0 Å². The van der Waals surface area contributed by atoms with Crippen LogP contribution in [0.5, 0.6) is 5.75 Å². The summed E-state index contributed by atoms with van der Waals surface area (Å²) in [5.41, 5.74) is 0.339. The van der Waals surface area contributed by atoms with Crippen molar-refractivity contribution in [2.75, 3.05) is 6.54 Å². The SMILES string of the molecule is CC(C)(C)N1C[C@H](OCc2ccccc2)C[C@H]1c1nc(C(=O)NCc2ccc(F)cc2)c(O)c(=O)[nH]1. The molecule has 190 valence electrons. The van der Waals surface area contributed by atoms with Crippen molar-refractivity contribution in [3.05, 3.63) is 93.4 Å². The lowest BCUT2D eigenvalue weighted by molar-refractivity contribution is 0.0367. The van der Waals surface area contributed by atoms with Crippen LogP contribution in [0.4, 0.5) is 4.39 Å². The summed E-state index contributed by atoms with van der Waals surface area (Å²) in [7, 11) is 0. The number of ether oxygens (including phenoxy) is 1. The fourth-order valence-electron chi connectivity index (χ4n) is 4.38. The topological polar surface area (TPSA) is 108 Å². The number of H-pyrrole nitrogens is 1. The molecule has 2 heterocycles. The standard InChI is InChI=1S/C27H31FN4O4/c1-27(2,3)32-15-20(36-16-18-7-5-4-6-8-18)13-21(32)24-30-22(23(33)26(35)31-24)25(34)29-14-17-9-11-19(28)12-10-17/h4-12,20-21,33H,13-16H2,1-3H3,(H,29,34)(H,30,31,35)/t20-,21+/m1/s1. The van der Waals surface area contributed by atoms with Gasteiger partial charge in [-0.1, -0.05) is 42.5 Å². The highest BCUT2D eigenvalue weighted by Gasteiger charge is 2.41. The predicted octanol–water partition coefficient (Wildman–Crippen LogP) is 3.68. The lowest BCUT2D eigenvalue weighted by Crippen LogP contribution is -2.42. The summed E-state index contributed by atoms with van der Waals surface area (Å²) < 4.78 is 19.3. The molecule has 4 rings (SSSR count). The van der Waals surface area contributed by atoms with Crippen LogP contribution in [0, 0.1) is 5.82 Å². The molecule has 8 nitrogen and oxygen atoms in total. The Morgan fingerprint density at radius 1 is 1.17 bits per heavy atom. The van der Waals surface area contributed by atoms with E-state index in [-0.39, 0.29) is 35.7 Å². The second-order valence-corrected chi connectivity index (χ2v) is 9.95. The van der Waals surface area contributed by atoms with Crippen molar-refractivity contribution < 1.29 is 19.0 Å². The first-order valence-corrected chi connectivity index (χ1v) is 11.9. The van der Waals surface area contributed by atoms with Crippen molar-refractivity contribution in [2.24, 2.45) is 0 Å². The number of rotatable bonds is 7. The number of carbonyl (C=O) groups is 1. The zero-order chi connectivity index (χ0) is 25.9. The van der Waals surface area contributed by atoms with Crippen LogP contribution >= 0.6 is 0 Å². The maximum absolute atomic E-state index is 13.1. The quantitative estimate of drug-likeness (QED) is 0.463. The van der Waals surface area contributed by atoms with E-state index in [0.29, 0.717) is 31.0 Å². The van der Waals surface area contributed by atoms with Gasteiger partial charge in [-0.05, 0) is 50.5 Å². The number of hydrogen-bond donors (Lipinski definition) is 3. The lowest BCUT2D eigenvalue weighted by atomic mass is 10.0. The van der Waals surface area contributed by atoms with Crippen LogP contribution in [0.1, 0.15) is 60.7 Å². The van der Waals surface area contributed by atoms with Crippen molar-refractivity contribution in [2.45, 2.75) is 58.0 Å². The summed E-state index contributed by atoms with van der Waals surface area (Å²) >= 11 is 0. The molecule has 1 amide bonds. The first-order valence-electron chi connectivity index (χ1n) is 11.9. The number of nitrogens with zero attached hydrogens (tertiary/aromatic N) is 2. The molecule has 2 aromatic carbocycles. The van der Waals surface area contributed by atoms with E-state index >= 15 is 0 Å². The van der Waals surface area contributed by atoms with Crippen LogP contribution in [0.15, 0.2) is 59.4 Å². The number of amides is 1. The van der Waals surface area contributed by atoms with Crippen LogP contribution in [0.2, 0.25) is 0 Å². The highest BCUT2D eigenvalue weighted by atomic mass is 19.1. The molecule has 1 aromatic heterocycles. The van der Waals surface area contributed by atoms with Crippen molar-refractivity contribution in [3.63, 3.8) is 0 Å². The van der Waals surface area contributed by atoms with Gasteiger partial charge in [0.15, 0.2) is 5.69 Å². The molecule has 0 aliphatic carbocycles. The molecule has 1 aliphatic heterocycles. The molecule has 0 spiro atoms. The van der Waals surface area contributed by atoms with Gasteiger partial charge in [0.2, 0.25) is 5.75 Å². The second-order valence-electron chi connectivity index (χ2n) is 9.95. The maximum Gasteiger partial charge on any atom is 0.293 e. The van der Waals surface area contributed by atoms with E-state index in [4.69, 9.17) is 4.74 Å². The maximum atomic E-state index is 13.1. The average Bonchev–Trinajstić information content (AvgIpc) is 3.30. The van der Waals surface area contributed by atoms with Crippen molar-refractivity contribution in [3.8, 4) is 5.75 Å². The number of likely N-dealkylation sites (tertiary alicyclic amines) is 1. The number of nitrogens with one attached hydrogen (secondary N) is 2. The molecule has 9 heteroatoms. The summed E-state index contributed by atoms with van der Waals surface area (Å²) in [5.74, 6) is -1.52. The smallest absolute Gasteiger partial charge is 0.293 e. The van der Waals surface area contributed by atoms with E-state index < -0.39 is 17.2 Å². The summed E-state index contributed by atoms with van der Waals surface area (Å²) in [6.07, 6.45) is 0.457. The Morgan fingerprint density at radius 3 is 2.53 bits per heavy atom. The van der Waals surface area contributed by atoms with E-state index in [1.165, 1.54) is 12.1 Å². The molecule has 0 unspecified atom stereocenters. The minimum absolute atomic E-state index is 0.0926. The molecule has 1 fully saturated rings. The van der Waals surface area contributed by atoms with Crippen LogP contribution in [-0.4, -0.2) is 44.1 Å². The fraction of sp³-hybridized carbons (Fsp3) is 0.370. The molecule has 3 N–H and O–H groups in total. The Morgan fingerprint density at radius 2 is 1.86 bits per heavy atom. The van der Waals surface area contributed by atoms with Gasteiger partial charge in [-0.25, -0.2) is 9.37 Å². The number of aromatic nitrogens is 2. The molecular formula is C27H31FN4O4. The normalized spacial score (nSPS) is 18.3. The average molecular weight is 495 g/mol. The van der Waals surface area contributed by atoms with E-state index in [1.807, 2.05) is 30.3 Å². The lowest BCUT2D eigenvalue weighted by Gasteiger charge is -2.36. The Bertz CT molecular complexity index is 1260. The van der Waals surface area contributed by atoms with Gasteiger partial charge in [0, 0.05) is 18.6 Å². The summed E-state index contributed by atoms with van der Waals surface area (Å²) in [6.45, 7) is 7.37. The van der Waals surface area contributed by atoms with Gasteiger partial charge in [-0.15, -0.1) is 0 Å². The van der Waals surface area contributed by atoms with Crippen molar-refractivity contribution in [1.82, 2.24) is 20.2 Å². The van der Waals surface area contributed by atoms with E-state index in [1.54, 1.807) is 12.1 Å². The van der Waals surface area contributed by atoms with Gasteiger partial charge in [-0.2, -0.15) is 0 Å². The molecular weight excluding hydrogens is 463 g/mol. The van der Waals surface area contributed by atoms with Crippen LogP contribution < -0.4 is 10.9 Å². The highest BCUT2D eigenvalue weighted by molar-refractivity contribution is 5.94.